The summed E-state index contributed by atoms with van der Waals surface area (Å²) in [6.07, 6.45) is 4.20. The molecule has 1 unspecified atom stereocenters. The topological polar surface area (TPSA) is 110 Å². The van der Waals surface area contributed by atoms with Crippen LogP contribution in [0.25, 0.3) is 0 Å². The van der Waals surface area contributed by atoms with E-state index in [4.69, 9.17) is 10.00 Å². The number of ether oxygens (including phenoxy) is 1. The molecular weight excluding hydrogens is 382 g/mol. The summed E-state index contributed by atoms with van der Waals surface area (Å²) in [6.45, 7) is 3.84. The standard InChI is InChI=1S/C23H25N3O4/c1-3-15-30-23(29)18(10-11-19(27)20-16(2)7-5-13-25-20)22(28)21-17(8-4-12-24)9-6-14-26-21/h5-7,9,13-14,18H,3-4,8,10-11,15H2,1-2H3. The Kier molecular flexibility index (Phi) is 8.82. The van der Waals surface area contributed by atoms with Gasteiger partial charge in [0.1, 0.15) is 17.3 Å². The first-order valence-electron chi connectivity index (χ1n) is 9.96. The number of hydrogen-bond donors (Lipinski definition) is 0. The molecule has 0 aliphatic rings. The van der Waals surface area contributed by atoms with Crippen LogP contribution in [0.5, 0.6) is 0 Å². The molecule has 30 heavy (non-hydrogen) atoms. The third kappa shape index (κ3) is 6.05. The van der Waals surface area contributed by atoms with E-state index in [1.54, 1.807) is 31.2 Å². The van der Waals surface area contributed by atoms with Crippen molar-refractivity contribution < 1.29 is 19.1 Å². The van der Waals surface area contributed by atoms with E-state index in [-0.39, 0.29) is 37.3 Å². The van der Waals surface area contributed by atoms with Gasteiger partial charge in [0.2, 0.25) is 0 Å². The number of aromatic nitrogens is 2. The van der Waals surface area contributed by atoms with Crippen LogP contribution in [0.2, 0.25) is 0 Å². The quantitative estimate of drug-likeness (QED) is 0.317. The zero-order valence-corrected chi connectivity index (χ0v) is 17.3. The van der Waals surface area contributed by atoms with Crippen molar-refractivity contribution in [3.63, 3.8) is 0 Å². The van der Waals surface area contributed by atoms with Gasteiger partial charge in [0.25, 0.3) is 0 Å². The first kappa shape index (κ1) is 22.9. The molecule has 2 aromatic heterocycles. The molecule has 1 atom stereocenters. The molecule has 0 aliphatic heterocycles. The number of pyridine rings is 2. The van der Waals surface area contributed by atoms with Gasteiger partial charge in [-0.25, -0.2) is 0 Å². The van der Waals surface area contributed by atoms with E-state index in [0.29, 0.717) is 24.1 Å². The molecule has 0 spiro atoms. The fourth-order valence-electron chi connectivity index (χ4n) is 3.05. The Morgan fingerprint density at radius 2 is 1.83 bits per heavy atom. The maximum Gasteiger partial charge on any atom is 0.316 e. The summed E-state index contributed by atoms with van der Waals surface area (Å²) < 4.78 is 5.21. The van der Waals surface area contributed by atoms with Gasteiger partial charge in [-0.1, -0.05) is 19.1 Å². The number of ketones is 2. The number of rotatable bonds is 11. The van der Waals surface area contributed by atoms with Crippen molar-refractivity contribution in [1.29, 1.82) is 5.26 Å². The van der Waals surface area contributed by atoms with Gasteiger partial charge in [-0.05, 0) is 49.4 Å². The Labute approximate surface area is 176 Å². The van der Waals surface area contributed by atoms with Gasteiger partial charge < -0.3 is 4.74 Å². The molecule has 7 nitrogen and oxygen atoms in total. The lowest BCUT2D eigenvalue weighted by molar-refractivity contribution is -0.146. The van der Waals surface area contributed by atoms with Crippen LogP contribution < -0.4 is 0 Å². The van der Waals surface area contributed by atoms with Gasteiger partial charge in [-0.3, -0.25) is 24.4 Å². The number of esters is 1. The van der Waals surface area contributed by atoms with Gasteiger partial charge in [0.05, 0.1) is 12.7 Å². The second-order valence-electron chi connectivity index (χ2n) is 6.88. The summed E-state index contributed by atoms with van der Waals surface area (Å²) in [7, 11) is 0. The van der Waals surface area contributed by atoms with E-state index < -0.39 is 17.7 Å². The number of nitriles is 1. The molecule has 0 fully saturated rings. The highest BCUT2D eigenvalue weighted by Gasteiger charge is 2.32. The molecule has 2 aromatic rings. The van der Waals surface area contributed by atoms with E-state index >= 15 is 0 Å². The predicted octanol–water partition coefficient (Wildman–Crippen LogP) is 3.66. The summed E-state index contributed by atoms with van der Waals surface area (Å²) in [5.74, 6) is -2.53. The van der Waals surface area contributed by atoms with Gasteiger partial charge in [0.15, 0.2) is 11.6 Å². The van der Waals surface area contributed by atoms with Gasteiger partial charge in [-0.15, -0.1) is 0 Å². The Morgan fingerprint density at radius 3 is 2.50 bits per heavy atom. The van der Waals surface area contributed by atoms with E-state index in [0.717, 1.165) is 5.56 Å². The number of nitrogens with zero attached hydrogens (tertiary/aromatic N) is 3. The summed E-state index contributed by atoms with van der Waals surface area (Å²) >= 11 is 0. The third-order valence-electron chi connectivity index (χ3n) is 4.61. The lowest BCUT2D eigenvalue weighted by atomic mass is 9.91. The monoisotopic (exact) mass is 407 g/mol. The van der Waals surface area contributed by atoms with Crippen molar-refractivity contribution in [3.05, 3.63) is 59.2 Å². The smallest absolute Gasteiger partial charge is 0.316 e. The second-order valence-corrected chi connectivity index (χ2v) is 6.88. The largest absolute Gasteiger partial charge is 0.465 e. The Hall–Kier alpha value is -3.40. The minimum absolute atomic E-state index is 0.00446. The lowest BCUT2D eigenvalue weighted by Crippen LogP contribution is -2.29. The zero-order chi connectivity index (χ0) is 21.9. The van der Waals surface area contributed by atoms with Crippen LogP contribution in [0.3, 0.4) is 0 Å². The van der Waals surface area contributed by atoms with Crippen LogP contribution in [-0.4, -0.2) is 34.1 Å². The molecule has 2 heterocycles. The Bertz CT molecular complexity index is 949. The molecule has 0 saturated carbocycles. The minimum atomic E-state index is -1.14. The Morgan fingerprint density at radius 1 is 1.13 bits per heavy atom. The Balaban J connectivity index is 2.24. The molecular formula is C23H25N3O4. The maximum absolute atomic E-state index is 13.2. The van der Waals surface area contributed by atoms with Crippen molar-refractivity contribution in [2.45, 2.75) is 46.0 Å². The normalized spacial score (nSPS) is 11.4. The highest BCUT2D eigenvalue weighted by atomic mass is 16.5. The highest BCUT2D eigenvalue weighted by molar-refractivity contribution is 6.08. The van der Waals surface area contributed by atoms with E-state index in [1.165, 1.54) is 12.4 Å². The number of carbonyl (C=O) groups excluding carboxylic acids is 3. The summed E-state index contributed by atoms with van der Waals surface area (Å²) in [6, 6.07) is 8.97. The highest BCUT2D eigenvalue weighted by Crippen LogP contribution is 2.20. The van der Waals surface area contributed by atoms with E-state index in [9.17, 15) is 14.4 Å². The number of aryl methyl sites for hydroxylation is 2. The molecule has 0 bridgehead atoms. The lowest BCUT2D eigenvalue weighted by Gasteiger charge is -2.16. The molecule has 2 rings (SSSR count). The van der Waals surface area contributed by atoms with Crippen molar-refractivity contribution in [1.82, 2.24) is 9.97 Å². The van der Waals surface area contributed by atoms with Crippen molar-refractivity contribution in [3.8, 4) is 6.07 Å². The first-order valence-corrected chi connectivity index (χ1v) is 9.96. The molecule has 0 saturated heterocycles. The van der Waals surface area contributed by atoms with Gasteiger partial charge >= 0.3 is 5.97 Å². The van der Waals surface area contributed by atoms with E-state index in [1.807, 2.05) is 13.0 Å². The third-order valence-corrected chi connectivity index (χ3v) is 4.61. The average Bonchev–Trinajstić information content (AvgIpc) is 2.76. The molecule has 0 aromatic carbocycles. The number of carbonyl (C=O) groups is 3. The van der Waals surface area contributed by atoms with Crippen molar-refractivity contribution in [2.75, 3.05) is 6.61 Å². The first-order chi connectivity index (χ1) is 14.5. The predicted molar refractivity (Wildman–Crippen MR) is 110 cm³/mol. The maximum atomic E-state index is 13.2. The fourth-order valence-corrected chi connectivity index (χ4v) is 3.05. The van der Waals surface area contributed by atoms with Gasteiger partial charge in [0, 0.05) is 25.2 Å². The van der Waals surface area contributed by atoms with Crippen LogP contribution in [0.15, 0.2) is 36.7 Å². The molecule has 156 valence electrons. The van der Waals surface area contributed by atoms with E-state index in [2.05, 4.69) is 9.97 Å². The fraction of sp³-hybridized carbons (Fsp3) is 0.391. The van der Waals surface area contributed by atoms with Crippen molar-refractivity contribution >= 4 is 17.5 Å². The molecule has 0 radical (unpaired) electrons. The van der Waals surface area contributed by atoms with Gasteiger partial charge in [-0.2, -0.15) is 5.26 Å². The molecule has 0 N–H and O–H groups in total. The molecule has 0 aliphatic carbocycles. The zero-order valence-electron chi connectivity index (χ0n) is 17.3. The number of Topliss-reactive ketones (excluding diaryl/α,β-unsaturated/α-hetero) is 2. The summed E-state index contributed by atoms with van der Waals surface area (Å²) in [5.41, 5.74) is 1.82. The van der Waals surface area contributed by atoms with Crippen molar-refractivity contribution in [2.24, 2.45) is 5.92 Å². The number of hydrogen-bond acceptors (Lipinski definition) is 7. The minimum Gasteiger partial charge on any atom is -0.465 e. The van der Waals surface area contributed by atoms with Crippen LogP contribution in [0.1, 0.15) is 64.7 Å². The second kappa shape index (κ2) is 11.6. The summed E-state index contributed by atoms with van der Waals surface area (Å²) in [5, 5.41) is 8.85. The SMILES string of the molecule is CCCOC(=O)C(CCC(=O)c1ncccc1C)C(=O)c1ncccc1CCC#N. The van der Waals surface area contributed by atoms with Crippen LogP contribution >= 0.6 is 0 Å². The summed E-state index contributed by atoms with van der Waals surface area (Å²) in [4.78, 5) is 46.6. The van der Waals surface area contributed by atoms with Crippen LogP contribution in [-0.2, 0) is 16.0 Å². The van der Waals surface area contributed by atoms with Crippen LogP contribution in [0.4, 0.5) is 0 Å². The van der Waals surface area contributed by atoms with Crippen LogP contribution in [0, 0.1) is 24.2 Å². The average molecular weight is 407 g/mol. The molecule has 0 amide bonds. The molecule has 7 heteroatoms.